The predicted octanol–water partition coefficient (Wildman–Crippen LogP) is 4.95. The Morgan fingerprint density at radius 1 is 1.07 bits per heavy atom. The van der Waals surface area contributed by atoms with Gasteiger partial charge in [-0.05, 0) is 61.4 Å². The van der Waals surface area contributed by atoms with E-state index >= 15 is 0 Å². The van der Waals surface area contributed by atoms with Crippen molar-refractivity contribution in [3.05, 3.63) is 132 Å². The molecule has 0 spiro atoms. The third kappa shape index (κ3) is 4.96. The monoisotopic (exact) mass is 581 g/mol. The van der Waals surface area contributed by atoms with E-state index in [9.17, 15) is 14.0 Å². The van der Waals surface area contributed by atoms with Gasteiger partial charge < -0.3 is 14.0 Å². The molecule has 0 fully saturated rings. The molecule has 7 nitrogen and oxygen atoms in total. The summed E-state index contributed by atoms with van der Waals surface area (Å²) in [6.07, 6.45) is 3.88. The topological polar surface area (TPSA) is 74.8 Å². The first-order valence-electron chi connectivity index (χ1n) is 13.5. The molecule has 6 rings (SSSR count). The molecule has 0 saturated carbocycles. The van der Waals surface area contributed by atoms with E-state index in [4.69, 9.17) is 9.47 Å². The Labute approximate surface area is 245 Å². The summed E-state index contributed by atoms with van der Waals surface area (Å²) in [4.78, 5) is 32.4. The molecule has 3 heterocycles. The number of allylic oxidation sites excluding steroid dienone is 1. The maximum absolute atomic E-state index is 14.1. The SMILES string of the molecule is CCOC(=O)C1=C(C)N=c2s/c(=C/c3cn(Cc4ccc(F)cc4)c4ccccc34)c(=O)n2[C@@H]1c1ccc(OC)cc1. The van der Waals surface area contributed by atoms with E-state index in [-0.39, 0.29) is 18.0 Å². The van der Waals surface area contributed by atoms with E-state index in [1.54, 1.807) is 49.8 Å². The van der Waals surface area contributed by atoms with Gasteiger partial charge in [0.05, 0.1) is 35.6 Å². The number of methoxy groups -OCH3 is 1. The fourth-order valence-electron chi connectivity index (χ4n) is 5.34. The van der Waals surface area contributed by atoms with E-state index in [1.807, 2.05) is 48.7 Å². The van der Waals surface area contributed by atoms with Crippen molar-refractivity contribution in [3.63, 3.8) is 0 Å². The molecule has 0 N–H and O–H groups in total. The Hall–Kier alpha value is -4.76. The number of benzene rings is 3. The predicted molar refractivity (Wildman–Crippen MR) is 161 cm³/mol. The van der Waals surface area contributed by atoms with E-state index in [1.165, 1.54) is 23.5 Å². The van der Waals surface area contributed by atoms with Gasteiger partial charge in [0.1, 0.15) is 11.6 Å². The van der Waals surface area contributed by atoms with Gasteiger partial charge >= 0.3 is 5.97 Å². The molecule has 1 aliphatic rings. The number of rotatable bonds is 7. The number of aromatic nitrogens is 2. The third-order valence-corrected chi connectivity index (χ3v) is 8.30. The van der Waals surface area contributed by atoms with Gasteiger partial charge in [-0.2, -0.15) is 0 Å². The van der Waals surface area contributed by atoms with Gasteiger partial charge in [0, 0.05) is 29.2 Å². The van der Waals surface area contributed by atoms with E-state index in [2.05, 4.69) is 9.56 Å². The summed E-state index contributed by atoms with van der Waals surface area (Å²) in [7, 11) is 1.59. The van der Waals surface area contributed by atoms with Crippen molar-refractivity contribution in [3.8, 4) is 5.75 Å². The highest BCUT2D eigenvalue weighted by atomic mass is 32.1. The Balaban J connectivity index is 1.50. The number of hydrogen-bond donors (Lipinski definition) is 0. The molecule has 0 saturated heterocycles. The van der Waals surface area contributed by atoms with Crippen molar-refractivity contribution in [2.45, 2.75) is 26.4 Å². The van der Waals surface area contributed by atoms with Gasteiger partial charge in [0.25, 0.3) is 5.56 Å². The number of para-hydroxylation sites is 1. The molecule has 212 valence electrons. The highest BCUT2D eigenvalue weighted by Gasteiger charge is 2.33. The zero-order chi connectivity index (χ0) is 29.4. The van der Waals surface area contributed by atoms with Gasteiger partial charge in [-0.3, -0.25) is 9.36 Å². The lowest BCUT2D eigenvalue weighted by molar-refractivity contribution is -0.139. The molecular weight excluding hydrogens is 553 g/mol. The van der Waals surface area contributed by atoms with Gasteiger partial charge in [-0.1, -0.05) is 53.8 Å². The summed E-state index contributed by atoms with van der Waals surface area (Å²) in [5, 5.41) is 0.987. The Morgan fingerprint density at radius 3 is 2.52 bits per heavy atom. The summed E-state index contributed by atoms with van der Waals surface area (Å²) in [5.74, 6) is -0.110. The summed E-state index contributed by atoms with van der Waals surface area (Å²) in [6.45, 7) is 4.27. The van der Waals surface area contributed by atoms with Gasteiger partial charge in [-0.25, -0.2) is 14.2 Å². The van der Waals surface area contributed by atoms with Crippen LogP contribution in [0.5, 0.6) is 5.75 Å². The van der Waals surface area contributed by atoms with Crippen molar-refractivity contribution in [2.24, 2.45) is 4.99 Å². The molecule has 2 aromatic heterocycles. The minimum Gasteiger partial charge on any atom is -0.497 e. The molecule has 3 aromatic carbocycles. The maximum Gasteiger partial charge on any atom is 0.338 e. The minimum atomic E-state index is -0.701. The maximum atomic E-state index is 14.1. The number of esters is 1. The number of ether oxygens (including phenoxy) is 2. The highest BCUT2D eigenvalue weighted by molar-refractivity contribution is 7.07. The number of thiazole rings is 1. The number of carbonyl (C=O) groups excluding carboxylic acids is 1. The zero-order valence-electron chi connectivity index (χ0n) is 23.3. The Morgan fingerprint density at radius 2 is 1.81 bits per heavy atom. The van der Waals surface area contributed by atoms with E-state index < -0.39 is 12.0 Å². The first-order chi connectivity index (χ1) is 20.4. The number of fused-ring (bicyclic) bond motifs is 2. The average molecular weight is 582 g/mol. The quantitative estimate of drug-likeness (QED) is 0.255. The van der Waals surface area contributed by atoms with Crippen LogP contribution in [0, 0.1) is 5.82 Å². The first-order valence-corrected chi connectivity index (χ1v) is 14.4. The lowest BCUT2D eigenvalue weighted by Gasteiger charge is -2.24. The molecule has 1 aliphatic heterocycles. The fourth-order valence-corrected chi connectivity index (χ4v) is 6.38. The van der Waals surface area contributed by atoms with Crippen LogP contribution in [0.4, 0.5) is 4.39 Å². The van der Waals surface area contributed by atoms with Crippen LogP contribution in [-0.2, 0) is 16.1 Å². The molecule has 0 unspecified atom stereocenters. The molecule has 0 aliphatic carbocycles. The molecular formula is C33H28FN3O4S. The van der Waals surface area contributed by atoms with Gasteiger partial charge in [0.15, 0.2) is 4.80 Å². The number of carbonyl (C=O) groups is 1. The van der Waals surface area contributed by atoms with Crippen molar-refractivity contribution >= 4 is 34.3 Å². The van der Waals surface area contributed by atoms with Crippen LogP contribution >= 0.6 is 11.3 Å². The normalized spacial score (nSPS) is 15.0. The minimum absolute atomic E-state index is 0.206. The fraction of sp³-hybridized carbons (Fsp3) is 0.182. The summed E-state index contributed by atoms with van der Waals surface area (Å²) < 4.78 is 28.4. The number of nitrogens with zero attached hydrogens (tertiary/aromatic N) is 3. The smallest absolute Gasteiger partial charge is 0.338 e. The second-order valence-corrected chi connectivity index (χ2v) is 10.9. The lowest BCUT2D eigenvalue weighted by Crippen LogP contribution is -2.39. The second kappa shape index (κ2) is 11.3. The second-order valence-electron chi connectivity index (χ2n) is 9.93. The largest absolute Gasteiger partial charge is 0.497 e. The molecule has 0 amide bonds. The van der Waals surface area contributed by atoms with Gasteiger partial charge in [0.2, 0.25) is 0 Å². The van der Waals surface area contributed by atoms with Gasteiger partial charge in [-0.15, -0.1) is 0 Å². The standard InChI is InChI=1S/C33H28FN3O4S/c1-4-41-32(39)29-20(2)35-33-37(30(29)22-11-15-25(40-3)16-12-22)31(38)28(42-33)17-23-19-36(27-8-6-5-7-26(23)27)18-21-9-13-24(34)14-10-21/h5-17,19,30H,4,18H2,1-3H3/b28-17+/t30-/m1/s1. The van der Waals surface area contributed by atoms with Crippen LogP contribution in [0.2, 0.25) is 0 Å². The number of halogens is 1. The van der Waals surface area contributed by atoms with Crippen LogP contribution in [-0.4, -0.2) is 28.8 Å². The molecule has 0 radical (unpaired) electrons. The third-order valence-electron chi connectivity index (χ3n) is 7.32. The highest BCUT2D eigenvalue weighted by Crippen LogP contribution is 2.32. The van der Waals surface area contributed by atoms with Crippen molar-refractivity contribution in [1.29, 1.82) is 0 Å². The van der Waals surface area contributed by atoms with E-state index in [0.717, 1.165) is 27.6 Å². The van der Waals surface area contributed by atoms with Crippen molar-refractivity contribution in [1.82, 2.24) is 9.13 Å². The summed E-state index contributed by atoms with van der Waals surface area (Å²) in [6, 6.07) is 21.0. The molecule has 5 aromatic rings. The van der Waals surface area contributed by atoms with Crippen LogP contribution < -0.4 is 19.6 Å². The Kier molecular flexibility index (Phi) is 7.34. The van der Waals surface area contributed by atoms with E-state index in [0.29, 0.717) is 32.9 Å². The van der Waals surface area contributed by atoms with Crippen LogP contribution in [0.3, 0.4) is 0 Å². The molecule has 9 heteroatoms. The van der Waals surface area contributed by atoms with Crippen LogP contribution in [0.15, 0.2) is 100 Å². The van der Waals surface area contributed by atoms with Crippen molar-refractivity contribution in [2.75, 3.05) is 13.7 Å². The lowest BCUT2D eigenvalue weighted by atomic mass is 9.96. The molecule has 1 atom stereocenters. The molecule has 42 heavy (non-hydrogen) atoms. The first kappa shape index (κ1) is 27.4. The Bertz CT molecular complexity index is 2020. The van der Waals surface area contributed by atoms with Crippen LogP contribution in [0.1, 0.15) is 36.6 Å². The van der Waals surface area contributed by atoms with Crippen LogP contribution in [0.25, 0.3) is 17.0 Å². The average Bonchev–Trinajstić information content (AvgIpc) is 3.50. The number of hydrogen-bond acceptors (Lipinski definition) is 6. The summed E-state index contributed by atoms with van der Waals surface area (Å²) >= 11 is 1.28. The molecule has 0 bridgehead atoms. The zero-order valence-corrected chi connectivity index (χ0v) is 24.2. The van der Waals surface area contributed by atoms with Crippen molar-refractivity contribution < 1.29 is 18.7 Å². The summed E-state index contributed by atoms with van der Waals surface area (Å²) in [5.41, 5.74) is 4.18.